The van der Waals surface area contributed by atoms with Crippen LogP contribution in [0.2, 0.25) is 0 Å². The first-order valence-corrected chi connectivity index (χ1v) is 3.79. The topological polar surface area (TPSA) is 50.7 Å². The van der Waals surface area contributed by atoms with Crippen LogP contribution in [0.25, 0.3) is 0 Å². The summed E-state index contributed by atoms with van der Waals surface area (Å²) in [5.41, 5.74) is 8.45. The summed E-state index contributed by atoms with van der Waals surface area (Å²) in [5.74, 6) is 0. The fourth-order valence-corrected chi connectivity index (χ4v) is 1.19. The van der Waals surface area contributed by atoms with E-state index in [9.17, 15) is 0 Å². The van der Waals surface area contributed by atoms with Crippen molar-refractivity contribution >= 4 is 18.1 Å². The summed E-state index contributed by atoms with van der Waals surface area (Å²) in [6, 6.07) is 7.87. The third-order valence-electron chi connectivity index (χ3n) is 1.78. The lowest BCUT2D eigenvalue weighted by molar-refractivity contribution is 1.11. The van der Waals surface area contributed by atoms with E-state index in [4.69, 9.17) is 5.73 Å². The maximum atomic E-state index is 5.66. The normalized spacial score (nSPS) is 13.7. The zero-order chi connectivity index (χ0) is 8.39. The molecule has 1 aliphatic rings. The van der Waals surface area contributed by atoms with Crippen molar-refractivity contribution in [2.45, 2.75) is 6.42 Å². The molecule has 1 aliphatic heterocycles. The minimum Gasteiger partial charge on any atom is -0.400 e. The van der Waals surface area contributed by atoms with Gasteiger partial charge >= 0.3 is 0 Å². The fourth-order valence-electron chi connectivity index (χ4n) is 1.19. The number of fused-ring (bicyclic) bond motifs is 1. The van der Waals surface area contributed by atoms with Gasteiger partial charge in [0.05, 0.1) is 11.9 Å². The lowest BCUT2D eigenvalue weighted by Gasteiger charge is -2.00. The van der Waals surface area contributed by atoms with Crippen molar-refractivity contribution in [3.63, 3.8) is 0 Å². The molecule has 0 unspecified atom stereocenters. The lowest BCUT2D eigenvalue weighted by atomic mass is 10.1. The molecule has 3 nitrogen and oxygen atoms in total. The second-order valence-electron chi connectivity index (χ2n) is 2.72. The number of benzene rings is 1. The van der Waals surface area contributed by atoms with E-state index in [1.54, 1.807) is 6.20 Å². The van der Waals surface area contributed by atoms with E-state index in [2.05, 4.69) is 10.2 Å². The van der Waals surface area contributed by atoms with E-state index in [1.165, 1.54) is 0 Å². The number of halogens is 1. The van der Waals surface area contributed by atoms with Crippen molar-refractivity contribution in [1.29, 1.82) is 0 Å². The molecule has 0 saturated carbocycles. The molecule has 0 spiro atoms. The Kier molecular flexibility index (Phi) is 3.03. The molecule has 0 amide bonds. The SMILES string of the molecule is Cl.NC1=CN=Nc2ccccc2C1. The van der Waals surface area contributed by atoms with Crippen molar-refractivity contribution in [2.75, 3.05) is 0 Å². The van der Waals surface area contributed by atoms with Crippen LogP contribution in [-0.2, 0) is 6.42 Å². The van der Waals surface area contributed by atoms with Crippen LogP contribution in [0.5, 0.6) is 0 Å². The second kappa shape index (κ2) is 4.05. The van der Waals surface area contributed by atoms with E-state index in [1.807, 2.05) is 24.3 Å². The van der Waals surface area contributed by atoms with Gasteiger partial charge in [-0.1, -0.05) is 18.2 Å². The van der Waals surface area contributed by atoms with Crippen LogP contribution in [0.15, 0.2) is 46.4 Å². The maximum Gasteiger partial charge on any atom is 0.0892 e. The third-order valence-corrected chi connectivity index (χ3v) is 1.78. The van der Waals surface area contributed by atoms with Crippen LogP contribution in [0.1, 0.15) is 5.56 Å². The van der Waals surface area contributed by atoms with Gasteiger partial charge in [-0.2, -0.15) is 10.2 Å². The van der Waals surface area contributed by atoms with Crippen molar-refractivity contribution in [3.05, 3.63) is 41.7 Å². The average molecular weight is 196 g/mol. The van der Waals surface area contributed by atoms with Gasteiger partial charge in [-0.3, -0.25) is 0 Å². The molecule has 0 atom stereocenters. The molecule has 1 aromatic rings. The summed E-state index contributed by atoms with van der Waals surface area (Å²) >= 11 is 0. The molecule has 13 heavy (non-hydrogen) atoms. The number of nitrogens with zero attached hydrogens (tertiary/aromatic N) is 2. The molecular formula is C9H10ClN3. The van der Waals surface area contributed by atoms with Gasteiger partial charge in [-0.05, 0) is 11.6 Å². The monoisotopic (exact) mass is 195 g/mol. The van der Waals surface area contributed by atoms with E-state index in [0.717, 1.165) is 23.4 Å². The fraction of sp³-hybridized carbons (Fsp3) is 0.111. The highest BCUT2D eigenvalue weighted by Gasteiger charge is 2.04. The van der Waals surface area contributed by atoms with Crippen LogP contribution >= 0.6 is 12.4 Å². The van der Waals surface area contributed by atoms with Crippen molar-refractivity contribution in [2.24, 2.45) is 16.0 Å². The predicted molar refractivity (Wildman–Crippen MR) is 54.2 cm³/mol. The molecule has 0 aliphatic carbocycles. The van der Waals surface area contributed by atoms with E-state index in [-0.39, 0.29) is 12.4 Å². The van der Waals surface area contributed by atoms with Crippen LogP contribution < -0.4 is 5.73 Å². The van der Waals surface area contributed by atoms with Gasteiger partial charge in [0.2, 0.25) is 0 Å². The Balaban J connectivity index is 0.000000845. The molecule has 2 rings (SSSR count). The largest absolute Gasteiger partial charge is 0.400 e. The summed E-state index contributed by atoms with van der Waals surface area (Å²) in [5, 5.41) is 7.84. The predicted octanol–water partition coefficient (Wildman–Crippen LogP) is 2.55. The zero-order valence-corrected chi connectivity index (χ0v) is 7.79. The Morgan fingerprint density at radius 2 is 2.00 bits per heavy atom. The lowest BCUT2D eigenvalue weighted by Crippen LogP contribution is -1.99. The molecule has 2 N–H and O–H groups in total. The molecule has 1 heterocycles. The van der Waals surface area contributed by atoms with Gasteiger partial charge in [0, 0.05) is 12.1 Å². The van der Waals surface area contributed by atoms with Crippen LogP contribution in [0, 0.1) is 0 Å². The molecular weight excluding hydrogens is 186 g/mol. The number of azo groups is 1. The highest BCUT2D eigenvalue weighted by Crippen LogP contribution is 2.23. The molecule has 1 aromatic carbocycles. The Morgan fingerprint density at radius 1 is 1.23 bits per heavy atom. The van der Waals surface area contributed by atoms with Crippen molar-refractivity contribution in [3.8, 4) is 0 Å². The number of hydrogen-bond donors (Lipinski definition) is 1. The Bertz CT molecular complexity index is 358. The quantitative estimate of drug-likeness (QED) is 0.680. The Morgan fingerprint density at radius 3 is 2.85 bits per heavy atom. The minimum atomic E-state index is 0. The van der Waals surface area contributed by atoms with Crippen molar-refractivity contribution in [1.82, 2.24) is 0 Å². The summed E-state index contributed by atoms with van der Waals surface area (Å²) in [4.78, 5) is 0. The second-order valence-corrected chi connectivity index (χ2v) is 2.72. The molecule has 0 radical (unpaired) electrons. The smallest absolute Gasteiger partial charge is 0.0892 e. The first-order chi connectivity index (χ1) is 5.86. The van der Waals surface area contributed by atoms with E-state index >= 15 is 0 Å². The van der Waals surface area contributed by atoms with Crippen LogP contribution in [0.4, 0.5) is 5.69 Å². The summed E-state index contributed by atoms with van der Waals surface area (Å²) in [6.45, 7) is 0. The Hall–Kier alpha value is -1.35. The van der Waals surface area contributed by atoms with Gasteiger partial charge in [-0.15, -0.1) is 12.4 Å². The number of hydrogen-bond acceptors (Lipinski definition) is 3. The third kappa shape index (κ3) is 2.06. The summed E-state index contributed by atoms with van der Waals surface area (Å²) in [7, 11) is 0. The van der Waals surface area contributed by atoms with Gasteiger partial charge < -0.3 is 5.73 Å². The van der Waals surface area contributed by atoms with Crippen LogP contribution in [0.3, 0.4) is 0 Å². The number of nitrogens with two attached hydrogens (primary N) is 1. The van der Waals surface area contributed by atoms with Gasteiger partial charge in [0.15, 0.2) is 0 Å². The Labute approximate surface area is 82.8 Å². The molecule has 0 fully saturated rings. The molecule has 0 saturated heterocycles. The molecule has 0 bridgehead atoms. The highest BCUT2D eigenvalue weighted by molar-refractivity contribution is 5.85. The maximum absolute atomic E-state index is 5.66. The standard InChI is InChI=1S/C9H9N3.ClH/c10-8-5-7-3-1-2-4-9(7)12-11-6-8;/h1-4,6H,5,10H2;1H. The minimum absolute atomic E-state index is 0. The number of allylic oxidation sites excluding steroid dienone is 1. The molecule has 0 aromatic heterocycles. The first kappa shape index (κ1) is 9.74. The van der Waals surface area contributed by atoms with Gasteiger partial charge in [0.25, 0.3) is 0 Å². The average Bonchev–Trinajstić information content (AvgIpc) is 2.25. The number of rotatable bonds is 0. The van der Waals surface area contributed by atoms with Crippen molar-refractivity contribution < 1.29 is 0 Å². The van der Waals surface area contributed by atoms with Gasteiger partial charge in [-0.25, -0.2) is 0 Å². The molecule has 4 heteroatoms. The van der Waals surface area contributed by atoms with E-state index in [0.29, 0.717) is 0 Å². The summed E-state index contributed by atoms with van der Waals surface area (Å²) in [6.07, 6.45) is 2.34. The van der Waals surface area contributed by atoms with Gasteiger partial charge in [0.1, 0.15) is 0 Å². The highest BCUT2D eigenvalue weighted by atomic mass is 35.5. The molecule has 68 valence electrons. The first-order valence-electron chi connectivity index (χ1n) is 3.79. The summed E-state index contributed by atoms with van der Waals surface area (Å²) < 4.78 is 0. The van der Waals surface area contributed by atoms with Crippen LogP contribution in [-0.4, -0.2) is 0 Å². The van der Waals surface area contributed by atoms with E-state index < -0.39 is 0 Å². The zero-order valence-electron chi connectivity index (χ0n) is 6.97.